The summed E-state index contributed by atoms with van der Waals surface area (Å²) in [5.41, 5.74) is 0. The van der Waals surface area contributed by atoms with Gasteiger partial charge in [-0.2, -0.15) is 18.2 Å². The van der Waals surface area contributed by atoms with Crippen molar-refractivity contribution in [3.05, 3.63) is 30.3 Å². The molecule has 0 heterocycles. The summed E-state index contributed by atoms with van der Waals surface area (Å²) in [6.45, 7) is 3.07. The molecule has 0 aliphatic rings. The first kappa shape index (κ1) is 17.1. The molecule has 0 amide bonds. The van der Waals surface area contributed by atoms with Gasteiger partial charge in [-0.15, -0.1) is 12.1 Å². The van der Waals surface area contributed by atoms with Crippen LogP contribution in [0, 0.1) is 6.07 Å². The monoisotopic (exact) mass is 348 g/mol. The number of unbranched alkanes of at least 4 members (excludes halogenated alkanes) is 5. The fraction of sp³-hybridized carbons (Fsp3) is 0.571. The molecule has 0 unspecified atom stereocenters. The van der Waals surface area contributed by atoms with Crippen LogP contribution in [0.1, 0.15) is 45.4 Å². The van der Waals surface area contributed by atoms with Crippen molar-refractivity contribution in [2.75, 3.05) is 6.61 Å². The zero-order valence-electron chi connectivity index (χ0n) is 10.8. The van der Waals surface area contributed by atoms with Gasteiger partial charge < -0.3 is 4.74 Å². The Morgan fingerprint density at radius 1 is 1.12 bits per heavy atom. The molecule has 0 N–H and O–H groups in total. The van der Waals surface area contributed by atoms with Gasteiger partial charge in [0.25, 0.3) is 0 Å². The van der Waals surface area contributed by atoms with Gasteiger partial charge in [-0.3, -0.25) is 0 Å². The molecular weight excluding hydrogens is 329 g/mol. The van der Waals surface area contributed by atoms with Crippen molar-refractivity contribution >= 4 is 13.6 Å². The second-order valence-corrected chi connectivity index (χ2v) is 3.84. The molecule has 17 heavy (non-hydrogen) atoms. The van der Waals surface area contributed by atoms with Crippen LogP contribution < -0.4 is 4.74 Å². The topological polar surface area (TPSA) is 9.23 Å². The molecule has 0 bridgehead atoms. The fourth-order valence-electron chi connectivity index (χ4n) is 1.53. The molecule has 0 saturated heterocycles. The van der Waals surface area contributed by atoms with E-state index in [0.717, 1.165) is 18.8 Å². The second kappa shape index (κ2) is 14.2. The predicted octanol–water partition coefficient (Wildman–Crippen LogP) is 5.07. The van der Waals surface area contributed by atoms with E-state index in [2.05, 4.69) is 26.6 Å². The molecule has 0 fully saturated rings. The number of para-hydroxylation sites is 1. The van der Waals surface area contributed by atoms with Crippen LogP contribution in [0.25, 0.3) is 0 Å². The van der Waals surface area contributed by atoms with Crippen molar-refractivity contribution in [3.8, 4) is 5.75 Å². The van der Waals surface area contributed by atoms with Crippen LogP contribution in [-0.4, -0.2) is 6.61 Å². The van der Waals surface area contributed by atoms with Crippen LogP contribution in [0.5, 0.6) is 5.75 Å². The van der Waals surface area contributed by atoms with Gasteiger partial charge in [0.1, 0.15) is 0 Å². The number of halogens is 1. The maximum atomic E-state index is 5.56. The van der Waals surface area contributed by atoms with Crippen LogP contribution >= 0.6 is 13.6 Å². The molecule has 0 saturated carbocycles. The SMILES string of the molecule is CCCCCCCCOc1[c-]cccc1.[Zn+][Br]. The first-order chi connectivity index (χ1) is 8.43. The summed E-state index contributed by atoms with van der Waals surface area (Å²) in [5, 5.41) is 0. The van der Waals surface area contributed by atoms with Crippen molar-refractivity contribution in [1.29, 1.82) is 0 Å². The molecule has 1 aromatic carbocycles. The normalized spacial score (nSPS) is 9.41. The van der Waals surface area contributed by atoms with E-state index >= 15 is 0 Å². The van der Waals surface area contributed by atoms with E-state index in [4.69, 9.17) is 4.74 Å². The third-order valence-electron chi connectivity index (χ3n) is 2.44. The number of benzene rings is 1. The molecule has 0 aromatic heterocycles. The Morgan fingerprint density at radius 3 is 2.47 bits per heavy atom. The van der Waals surface area contributed by atoms with E-state index in [-0.39, 0.29) is 0 Å². The van der Waals surface area contributed by atoms with Gasteiger partial charge in [0.15, 0.2) is 0 Å². The minimum atomic E-state index is 0.826. The van der Waals surface area contributed by atoms with E-state index in [9.17, 15) is 0 Å². The maximum absolute atomic E-state index is 5.56. The summed E-state index contributed by atoms with van der Waals surface area (Å²) in [6, 6.07) is 10.8. The Bertz CT molecular complexity index is 241. The van der Waals surface area contributed by atoms with Gasteiger partial charge in [0.05, 0.1) is 6.61 Å². The average molecular weight is 351 g/mol. The zero-order valence-corrected chi connectivity index (χ0v) is 15.3. The molecule has 0 spiro atoms. The van der Waals surface area contributed by atoms with E-state index in [1.165, 1.54) is 48.4 Å². The van der Waals surface area contributed by atoms with Crippen LogP contribution in [0.2, 0.25) is 0 Å². The summed E-state index contributed by atoms with van der Waals surface area (Å²) in [7, 11) is 0. The predicted molar refractivity (Wildman–Crippen MR) is 73.1 cm³/mol. The van der Waals surface area contributed by atoms with Crippen LogP contribution in [-0.2, 0) is 16.3 Å². The van der Waals surface area contributed by atoms with Gasteiger partial charge in [0, 0.05) is 5.75 Å². The Morgan fingerprint density at radius 2 is 1.82 bits per heavy atom. The quantitative estimate of drug-likeness (QED) is 0.361. The Labute approximate surface area is 122 Å². The summed E-state index contributed by atoms with van der Waals surface area (Å²) < 4.78 is 5.56. The van der Waals surface area contributed by atoms with Crippen LogP contribution in [0.4, 0.5) is 0 Å². The van der Waals surface area contributed by atoms with Crippen LogP contribution in [0.3, 0.4) is 0 Å². The van der Waals surface area contributed by atoms with E-state index < -0.39 is 0 Å². The minimum absolute atomic E-state index is 0.826. The Balaban J connectivity index is 0.00000121. The van der Waals surface area contributed by atoms with Crippen LogP contribution in [0.15, 0.2) is 24.3 Å². The van der Waals surface area contributed by atoms with Gasteiger partial charge in [-0.25, -0.2) is 0 Å². The molecular formula is C14H21BrOZn. The summed E-state index contributed by atoms with van der Waals surface area (Å²) in [6.07, 6.45) is 7.84. The molecule has 1 aromatic rings. The van der Waals surface area contributed by atoms with Gasteiger partial charge in [0.2, 0.25) is 0 Å². The molecule has 3 heteroatoms. The average Bonchev–Trinajstić information content (AvgIpc) is 2.41. The van der Waals surface area contributed by atoms with Crippen molar-refractivity contribution in [3.63, 3.8) is 0 Å². The third-order valence-corrected chi connectivity index (χ3v) is 2.44. The third kappa shape index (κ3) is 11.0. The van der Waals surface area contributed by atoms with E-state index in [1.807, 2.05) is 24.3 Å². The van der Waals surface area contributed by atoms with Crippen molar-refractivity contribution < 1.29 is 21.1 Å². The summed E-state index contributed by atoms with van der Waals surface area (Å²) >= 11 is 4.25. The molecule has 0 aliphatic heterocycles. The molecule has 1 rings (SSSR count). The molecule has 0 atom stereocenters. The standard InChI is InChI=1S/C14H21O.BrH.Zn/c1-2-3-4-5-6-10-13-15-14-11-8-7-9-12-14;;/h7-9,11H,2-6,10,13H2,1H3;1H;/q-1;;+2/p-1. The number of hydrogen-bond acceptors (Lipinski definition) is 1. The first-order valence-electron chi connectivity index (χ1n) is 6.29. The fourth-order valence-corrected chi connectivity index (χ4v) is 1.53. The second-order valence-electron chi connectivity index (χ2n) is 3.84. The molecule has 92 valence electrons. The zero-order chi connectivity index (χ0) is 12.8. The summed E-state index contributed by atoms with van der Waals surface area (Å²) in [5.74, 6) is 0.867. The summed E-state index contributed by atoms with van der Waals surface area (Å²) in [4.78, 5) is 0. The van der Waals surface area contributed by atoms with Crippen molar-refractivity contribution in [2.45, 2.75) is 45.4 Å². The van der Waals surface area contributed by atoms with Gasteiger partial charge in [-0.05, 0) is 6.42 Å². The number of ether oxygens (including phenoxy) is 1. The Hall–Kier alpha value is 0.123. The first-order valence-corrected chi connectivity index (χ1v) is 13.2. The van der Waals surface area contributed by atoms with Gasteiger partial charge in [-0.1, -0.05) is 39.0 Å². The molecule has 0 radical (unpaired) electrons. The van der Waals surface area contributed by atoms with Crippen molar-refractivity contribution in [1.82, 2.24) is 0 Å². The molecule has 1 nitrogen and oxygen atoms in total. The van der Waals surface area contributed by atoms with E-state index in [1.54, 1.807) is 0 Å². The number of hydrogen-bond donors (Lipinski definition) is 0. The molecule has 0 aliphatic carbocycles. The van der Waals surface area contributed by atoms with Gasteiger partial charge >= 0.3 is 30.0 Å². The Kier molecular flexibility index (Phi) is 14.3. The van der Waals surface area contributed by atoms with Crippen molar-refractivity contribution in [2.24, 2.45) is 0 Å². The number of rotatable bonds is 8. The van der Waals surface area contributed by atoms with E-state index in [0.29, 0.717) is 0 Å².